The molecule has 1 aliphatic heterocycles. The molecule has 2 rings (SSSR count). The minimum absolute atomic E-state index is 0.0667. The smallest absolute Gasteiger partial charge is 0.317 e. The van der Waals surface area contributed by atoms with Gasteiger partial charge in [-0.2, -0.15) is 0 Å². The Morgan fingerprint density at radius 1 is 1.55 bits per heavy atom. The molecule has 8 heteroatoms. The van der Waals surface area contributed by atoms with Gasteiger partial charge in [0.2, 0.25) is 0 Å². The summed E-state index contributed by atoms with van der Waals surface area (Å²) in [7, 11) is 1.86. The van der Waals surface area contributed by atoms with Gasteiger partial charge < -0.3 is 19.9 Å². The van der Waals surface area contributed by atoms with E-state index in [1.807, 2.05) is 11.6 Å². The highest BCUT2D eigenvalue weighted by molar-refractivity contribution is 5.74. The van der Waals surface area contributed by atoms with E-state index in [2.05, 4.69) is 15.5 Å². The van der Waals surface area contributed by atoms with Gasteiger partial charge in [-0.25, -0.2) is 4.79 Å². The molecule has 2 amide bonds. The zero-order valence-electron chi connectivity index (χ0n) is 11.4. The van der Waals surface area contributed by atoms with Gasteiger partial charge in [0.25, 0.3) is 0 Å². The van der Waals surface area contributed by atoms with Crippen molar-refractivity contribution < 1.29 is 14.7 Å². The number of carbonyl (C=O) groups excluding carboxylic acids is 1. The van der Waals surface area contributed by atoms with Gasteiger partial charge in [-0.15, -0.1) is 10.2 Å². The van der Waals surface area contributed by atoms with E-state index < -0.39 is 5.97 Å². The van der Waals surface area contributed by atoms with Crippen LogP contribution in [0, 0.1) is 5.92 Å². The molecule has 0 aliphatic carbocycles. The molecule has 2 N–H and O–H groups in total. The molecule has 110 valence electrons. The van der Waals surface area contributed by atoms with E-state index in [1.54, 1.807) is 11.2 Å². The average Bonchev–Trinajstić information content (AvgIpc) is 2.98. The van der Waals surface area contributed by atoms with Crippen molar-refractivity contribution >= 4 is 12.0 Å². The van der Waals surface area contributed by atoms with E-state index in [1.165, 1.54) is 0 Å². The van der Waals surface area contributed by atoms with Crippen LogP contribution >= 0.6 is 0 Å². The third-order valence-corrected chi connectivity index (χ3v) is 3.47. The first-order chi connectivity index (χ1) is 9.56. The number of carboxylic acid groups (broad SMARTS) is 1. The second-order valence-electron chi connectivity index (χ2n) is 5.04. The van der Waals surface area contributed by atoms with Crippen LogP contribution < -0.4 is 5.32 Å². The van der Waals surface area contributed by atoms with Crippen molar-refractivity contribution in [3.63, 3.8) is 0 Å². The molecule has 2 heterocycles. The molecule has 1 saturated heterocycles. The number of amides is 2. The number of likely N-dealkylation sites (tertiary alicyclic amines) is 1. The summed E-state index contributed by atoms with van der Waals surface area (Å²) in [6, 6.07) is -0.139. The molecular weight excluding hydrogens is 262 g/mol. The van der Waals surface area contributed by atoms with Crippen molar-refractivity contribution in [3.05, 3.63) is 12.2 Å². The second-order valence-corrected chi connectivity index (χ2v) is 5.04. The van der Waals surface area contributed by atoms with Gasteiger partial charge in [0.15, 0.2) is 0 Å². The lowest BCUT2D eigenvalue weighted by Crippen LogP contribution is -2.39. The number of carbonyl (C=O) groups is 2. The predicted octanol–water partition coefficient (Wildman–Crippen LogP) is -0.136. The Kier molecular flexibility index (Phi) is 4.54. The summed E-state index contributed by atoms with van der Waals surface area (Å²) in [5.41, 5.74) is 0. The van der Waals surface area contributed by atoms with Gasteiger partial charge in [0, 0.05) is 39.5 Å². The molecule has 0 saturated carbocycles. The van der Waals surface area contributed by atoms with Crippen molar-refractivity contribution in [1.29, 1.82) is 0 Å². The van der Waals surface area contributed by atoms with Crippen LogP contribution in [0.5, 0.6) is 0 Å². The number of hydrogen-bond acceptors (Lipinski definition) is 4. The van der Waals surface area contributed by atoms with Gasteiger partial charge >= 0.3 is 12.0 Å². The van der Waals surface area contributed by atoms with E-state index >= 15 is 0 Å². The third-order valence-electron chi connectivity index (χ3n) is 3.47. The summed E-state index contributed by atoms with van der Waals surface area (Å²) in [5, 5.41) is 19.3. The first kappa shape index (κ1) is 14.3. The first-order valence-electron chi connectivity index (χ1n) is 6.63. The van der Waals surface area contributed by atoms with Gasteiger partial charge in [-0.1, -0.05) is 0 Å². The Labute approximate surface area is 116 Å². The van der Waals surface area contributed by atoms with E-state index in [0.29, 0.717) is 26.1 Å². The number of carboxylic acids is 1. The molecule has 0 spiro atoms. The maximum Gasteiger partial charge on any atom is 0.317 e. The Hall–Kier alpha value is -2.12. The fourth-order valence-electron chi connectivity index (χ4n) is 2.36. The molecule has 0 radical (unpaired) electrons. The first-order valence-corrected chi connectivity index (χ1v) is 6.63. The van der Waals surface area contributed by atoms with E-state index in [9.17, 15) is 9.59 Å². The number of rotatable bonds is 5. The van der Waals surface area contributed by atoms with Crippen LogP contribution in [0.4, 0.5) is 4.79 Å². The second kappa shape index (κ2) is 6.36. The maximum absolute atomic E-state index is 11.9. The highest BCUT2D eigenvalue weighted by Crippen LogP contribution is 2.19. The Morgan fingerprint density at radius 3 is 3.00 bits per heavy atom. The minimum Gasteiger partial charge on any atom is -0.481 e. The summed E-state index contributed by atoms with van der Waals surface area (Å²) in [4.78, 5) is 24.2. The predicted molar refractivity (Wildman–Crippen MR) is 70.0 cm³/mol. The van der Waals surface area contributed by atoms with Crippen LogP contribution in [-0.2, 0) is 18.3 Å². The monoisotopic (exact) mass is 281 g/mol. The summed E-state index contributed by atoms with van der Waals surface area (Å²) in [6.07, 6.45) is 3.12. The molecule has 1 aliphatic rings. The highest BCUT2D eigenvalue weighted by atomic mass is 16.4. The molecule has 8 nitrogen and oxygen atoms in total. The summed E-state index contributed by atoms with van der Waals surface area (Å²) in [5.74, 6) is 0.0759. The van der Waals surface area contributed by atoms with Crippen molar-refractivity contribution in [2.45, 2.75) is 19.3 Å². The van der Waals surface area contributed by atoms with Gasteiger partial charge in [0.05, 0.1) is 0 Å². The number of hydrogen-bond donors (Lipinski definition) is 2. The van der Waals surface area contributed by atoms with Crippen molar-refractivity contribution in [3.8, 4) is 0 Å². The van der Waals surface area contributed by atoms with Crippen LogP contribution in [0.15, 0.2) is 6.33 Å². The fourth-order valence-corrected chi connectivity index (χ4v) is 2.36. The van der Waals surface area contributed by atoms with Crippen LogP contribution in [0.1, 0.15) is 18.7 Å². The van der Waals surface area contributed by atoms with Crippen molar-refractivity contribution in [1.82, 2.24) is 25.0 Å². The van der Waals surface area contributed by atoms with E-state index in [0.717, 1.165) is 12.2 Å². The van der Waals surface area contributed by atoms with Crippen LogP contribution in [0.25, 0.3) is 0 Å². The number of nitrogens with zero attached hydrogens (tertiary/aromatic N) is 4. The molecule has 1 fully saturated rings. The molecular formula is C12H19N5O3. The molecule has 0 bridgehead atoms. The van der Waals surface area contributed by atoms with Gasteiger partial charge in [-0.05, 0) is 12.3 Å². The Morgan fingerprint density at radius 2 is 2.35 bits per heavy atom. The van der Waals surface area contributed by atoms with Gasteiger partial charge in [0.1, 0.15) is 12.2 Å². The Bertz CT molecular complexity index is 487. The highest BCUT2D eigenvalue weighted by Gasteiger charge is 2.27. The lowest BCUT2D eigenvalue weighted by molar-refractivity contribution is -0.138. The average molecular weight is 281 g/mol. The number of aliphatic carboxylic acids is 1. The van der Waals surface area contributed by atoms with E-state index in [4.69, 9.17) is 5.11 Å². The third kappa shape index (κ3) is 3.69. The quantitative estimate of drug-likeness (QED) is 0.782. The van der Waals surface area contributed by atoms with Crippen LogP contribution in [0.2, 0.25) is 0 Å². The van der Waals surface area contributed by atoms with Gasteiger partial charge in [-0.3, -0.25) is 4.79 Å². The van der Waals surface area contributed by atoms with Crippen molar-refractivity contribution in [2.75, 3.05) is 19.6 Å². The largest absolute Gasteiger partial charge is 0.481 e. The maximum atomic E-state index is 11.9. The molecule has 1 aromatic heterocycles. The standard InChI is InChI=1S/C12H19N5O3/c1-16-8-14-15-10(16)2-4-13-12(20)17-5-3-9(7-17)6-11(18)19/h8-9H,2-7H2,1H3,(H,13,20)(H,18,19). The zero-order valence-corrected chi connectivity index (χ0v) is 11.4. The topological polar surface area (TPSA) is 100 Å². The minimum atomic E-state index is -0.806. The van der Waals surface area contributed by atoms with Crippen LogP contribution in [0.3, 0.4) is 0 Å². The molecule has 1 atom stereocenters. The lowest BCUT2D eigenvalue weighted by Gasteiger charge is -2.17. The summed E-state index contributed by atoms with van der Waals surface area (Å²) >= 11 is 0. The van der Waals surface area contributed by atoms with E-state index in [-0.39, 0.29) is 18.4 Å². The zero-order chi connectivity index (χ0) is 14.5. The molecule has 1 aromatic rings. The van der Waals surface area contributed by atoms with Crippen LogP contribution in [-0.4, -0.2) is 56.4 Å². The number of aromatic nitrogens is 3. The number of nitrogens with one attached hydrogen (secondary N) is 1. The van der Waals surface area contributed by atoms with Crippen molar-refractivity contribution in [2.24, 2.45) is 13.0 Å². The SMILES string of the molecule is Cn1cnnc1CCNC(=O)N1CCC(CC(=O)O)C1. The summed E-state index contributed by atoms with van der Waals surface area (Å²) < 4.78 is 1.81. The lowest BCUT2D eigenvalue weighted by atomic mass is 10.1. The number of aryl methyl sites for hydroxylation is 1. The Balaban J connectivity index is 1.70. The molecule has 0 aromatic carbocycles. The summed E-state index contributed by atoms with van der Waals surface area (Å²) in [6.45, 7) is 1.63. The number of urea groups is 1. The molecule has 1 unspecified atom stereocenters. The fraction of sp³-hybridized carbons (Fsp3) is 0.667. The molecule has 20 heavy (non-hydrogen) atoms. The normalized spacial score (nSPS) is 18.2.